The monoisotopic (exact) mass is 549 g/mol. The minimum atomic E-state index is 0.422. The van der Waals surface area contributed by atoms with Crippen molar-refractivity contribution in [3.8, 4) is 45.9 Å². The van der Waals surface area contributed by atoms with E-state index in [9.17, 15) is 5.26 Å². The van der Waals surface area contributed by atoms with Gasteiger partial charge in [0.15, 0.2) is 28.8 Å². The normalized spacial score (nSPS) is 10.7. The molecule has 0 aliphatic rings. The van der Waals surface area contributed by atoms with Crippen molar-refractivity contribution in [3.63, 3.8) is 0 Å². The molecule has 0 unspecified atom stereocenters. The summed E-state index contributed by atoms with van der Waals surface area (Å²) in [5.41, 5.74) is 6.30. The van der Waals surface area contributed by atoms with Gasteiger partial charge in [-0.15, -0.1) is 0 Å². The van der Waals surface area contributed by atoms with E-state index in [1.807, 2.05) is 91.0 Å². The largest absolute Gasteiger partial charge is 0.309 e. The molecule has 0 saturated heterocycles. The van der Waals surface area contributed by atoms with E-state index in [2.05, 4.69) is 20.3 Å². The van der Waals surface area contributed by atoms with Crippen molar-refractivity contribution >= 4 is 33.2 Å². The van der Waals surface area contributed by atoms with Gasteiger partial charge in [-0.3, -0.25) is 0 Å². The lowest BCUT2D eigenvalue weighted by molar-refractivity contribution is 1.06. The maximum Gasteiger partial charge on any atom is 0.188 e. The lowest BCUT2D eigenvalue weighted by Crippen LogP contribution is -2.04. The lowest BCUT2D eigenvalue weighted by Gasteiger charge is -2.15. The first-order valence-corrected chi connectivity index (χ1v) is 13.4. The van der Waals surface area contributed by atoms with Gasteiger partial charge in [-0.25, -0.2) is 24.6 Å². The minimum Gasteiger partial charge on any atom is -0.309 e. The van der Waals surface area contributed by atoms with Crippen molar-refractivity contribution in [1.29, 1.82) is 5.26 Å². The molecule has 7 nitrogen and oxygen atoms in total. The second-order valence-corrected chi connectivity index (χ2v) is 9.84. The third-order valence-corrected chi connectivity index (χ3v) is 7.30. The predicted molar refractivity (Wildman–Crippen MR) is 168 cm³/mol. The van der Waals surface area contributed by atoms with Crippen LogP contribution in [-0.4, -0.2) is 19.5 Å². The van der Waals surface area contributed by atoms with E-state index >= 15 is 0 Å². The average molecular weight is 550 g/mol. The van der Waals surface area contributed by atoms with Crippen LogP contribution in [0.3, 0.4) is 0 Å². The number of benzene rings is 5. The Bertz CT molecular complexity index is 2190. The SMILES string of the molecule is [C-]#[N+]c1ccc2c(c1)c1cc([N+]#[C-])ccc1n2-c1ccc(C#N)cc1-c1nc(-c2ccccc2)nc(-c2ccccc2)n1. The Labute approximate surface area is 247 Å². The molecule has 2 heterocycles. The van der Waals surface area contributed by atoms with E-state index in [0.717, 1.165) is 38.6 Å². The molecule has 0 amide bonds. The van der Waals surface area contributed by atoms with Crippen LogP contribution < -0.4 is 0 Å². The summed E-state index contributed by atoms with van der Waals surface area (Å²) >= 11 is 0. The van der Waals surface area contributed by atoms with E-state index in [-0.39, 0.29) is 0 Å². The summed E-state index contributed by atoms with van der Waals surface area (Å²) in [6.07, 6.45) is 0. The van der Waals surface area contributed by atoms with Gasteiger partial charge in [0.05, 0.1) is 41.5 Å². The van der Waals surface area contributed by atoms with Gasteiger partial charge in [-0.1, -0.05) is 72.8 Å². The number of hydrogen-bond acceptors (Lipinski definition) is 4. The summed E-state index contributed by atoms with van der Waals surface area (Å²) in [5, 5.41) is 11.6. The zero-order chi connectivity index (χ0) is 29.3. The zero-order valence-electron chi connectivity index (χ0n) is 22.6. The fourth-order valence-electron chi connectivity index (χ4n) is 5.31. The molecule has 198 valence electrons. The van der Waals surface area contributed by atoms with Gasteiger partial charge in [-0.05, 0) is 53.2 Å². The molecule has 0 spiro atoms. The van der Waals surface area contributed by atoms with Crippen molar-refractivity contribution in [3.05, 3.63) is 144 Å². The lowest BCUT2D eigenvalue weighted by atomic mass is 10.1. The van der Waals surface area contributed by atoms with E-state index in [1.165, 1.54) is 0 Å². The van der Waals surface area contributed by atoms with Crippen LogP contribution in [0.25, 0.3) is 71.3 Å². The standard InChI is InChI=1S/C36H19N7/c1-38-26-14-17-31-28(20-26)29-21-27(39-2)15-18-32(29)43(31)33-16-13-23(22-37)19-30(33)36-41-34(24-9-5-3-6-10-24)40-35(42-36)25-11-7-4-8-12-25/h3-21H. The maximum atomic E-state index is 9.89. The second kappa shape index (κ2) is 10.4. The highest BCUT2D eigenvalue weighted by Crippen LogP contribution is 2.39. The topological polar surface area (TPSA) is 76.1 Å². The second-order valence-electron chi connectivity index (χ2n) is 9.84. The van der Waals surface area contributed by atoms with Crippen LogP contribution in [0.2, 0.25) is 0 Å². The summed E-state index contributed by atoms with van der Waals surface area (Å²) in [4.78, 5) is 22.0. The molecule has 0 saturated carbocycles. The van der Waals surface area contributed by atoms with Crippen LogP contribution in [0.5, 0.6) is 0 Å². The number of hydrogen-bond donors (Lipinski definition) is 0. The molecule has 7 rings (SSSR count). The van der Waals surface area contributed by atoms with Crippen LogP contribution in [0.15, 0.2) is 115 Å². The molecule has 43 heavy (non-hydrogen) atoms. The fourth-order valence-corrected chi connectivity index (χ4v) is 5.31. The third kappa shape index (κ3) is 4.43. The molecule has 0 aliphatic carbocycles. The number of rotatable bonds is 4. The van der Waals surface area contributed by atoms with Gasteiger partial charge in [-0.2, -0.15) is 5.26 Å². The first-order chi connectivity index (χ1) is 21.2. The summed E-state index contributed by atoms with van der Waals surface area (Å²) in [6.45, 7) is 15.1. The number of nitriles is 1. The van der Waals surface area contributed by atoms with Crippen molar-refractivity contribution in [2.24, 2.45) is 0 Å². The van der Waals surface area contributed by atoms with Gasteiger partial charge in [0, 0.05) is 16.7 Å². The zero-order valence-corrected chi connectivity index (χ0v) is 22.6. The number of nitrogens with zero attached hydrogens (tertiary/aromatic N) is 7. The fraction of sp³-hybridized carbons (Fsp3) is 0. The molecule has 0 N–H and O–H groups in total. The molecule has 2 aromatic heterocycles. The van der Waals surface area contributed by atoms with Gasteiger partial charge < -0.3 is 4.57 Å². The summed E-state index contributed by atoms with van der Waals surface area (Å²) in [5.74, 6) is 1.46. The van der Waals surface area contributed by atoms with Gasteiger partial charge in [0.2, 0.25) is 0 Å². The quantitative estimate of drug-likeness (QED) is 0.205. The molecule has 5 aromatic carbocycles. The Hall–Kier alpha value is -6.62. The van der Waals surface area contributed by atoms with Gasteiger partial charge in [0.25, 0.3) is 0 Å². The highest BCUT2D eigenvalue weighted by Gasteiger charge is 2.20. The summed E-state index contributed by atoms with van der Waals surface area (Å²) in [6, 6.07) is 38.3. The first-order valence-electron chi connectivity index (χ1n) is 13.4. The Kier molecular flexibility index (Phi) is 6.14. The Morgan fingerprint density at radius 3 is 1.58 bits per heavy atom. The van der Waals surface area contributed by atoms with Crippen molar-refractivity contribution in [2.75, 3.05) is 0 Å². The van der Waals surface area contributed by atoms with Crippen molar-refractivity contribution in [2.45, 2.75) is 0 Å². The highest BCUT2D eigenvalue weighted by molar-refractivity contribution is 6.11. The predicted octanol–water partition coefficient (Wildman–Crippen LogP) is 8.94. The van der Waals surface area contributed by atoms with Crippen molar-refractivity contribution in [1.82, 2.24) is 19.5 Å². The van der Waals surface area contributed by atoms with Crippen LogP contribution in [0, 0.1) is 24.5 Å². The molecule has 0 aliphatic heterocycles. The van der Waals surface area contributed by atoms with Crippen molar-refractivity contribution < 1.29 is 0 Å². The highest BCUT2D eigenvalue weighted by atomic mass is 15.1. The average Bonchev–Trinajstić information content (AvgIpc) is 3.41. The molecule has 0 atom stereocenters. The smallest absolute Gasteiger partial charge is 0.188 e. The number of fused-ring (bicyclic) bond motifs is 3. The molecule has 7 heteroatoms. The Balaban J connectivity index is 1.56. The Morgan fingerprint density at radius 2 is 1.09 bits per heavy atom. The van der Waals surface area contributed by atoms with Gasteiger partial charge in [0.1, 0.15) is 0 Å². The molecule has 7 aromatic rings. The van der Waals surface area contributed by atoms with E-state index in [4.69, 9.17) is 28.1 Å². The van der Waals surface area contributed by atoms with Crippen LogP contribution in [0.4, 0.5) is 11.4 Å². The molecule has 0 fully saturated rings. The minimum absolute atomic E-state index is 0.422. The third-order valence-electron chi connectivity index (χ3n) is 7.30. The first kappa shape index (κ1) is 25.4. The summed E-state index contributed by atoms with van der Waals surface area (Å²) < 4.78 is 2.08. The molecular formula is C36H19N7. The van der Waals surface area contributed by atoms with E-state index < -0.39 is 0 Å². The van der Waals surface area contributed by atoms with Crippen LogP contribution >= 0.6 is 0 Å². The maximum absolute atomic E-state index is 9.89. The molecule has 0 radical (unpaired) electrons. The van der Waals surface area contributed by atoms with E-state index in [0.29, 0.717) is 40.0 Å². The molecular weight excluding hydrogens is 530 g/mol. The Morgan fingerprint density at radius 1 is 0.581 bits per heavy atom. The van der Waals surface area contributed by atoms with Crippen LogP contribution in [0.1, 0.15) is 5.56 Å². The molecule has 0 bridgehead atoms. The number of aromatic nitrogens is 4. The van der Waals surface area contributed by atoms with Crippen LogP contribution in [-0.2, 0) is 0 Å². The summed E-state index contributed by atoms with van der Waals surface area (Å²) in [7, 11) is 0. The van der Waals surface area contributed by atoms with E-state index in [1.54, 1.807) is 24.3 Å². The van der Waals surface area contributed by atoms with Gasteiger partial charge >= 0.3 is 0 Å².